The Balaban J connectivity index is 1.93. The first-order chi connectivity index (χ1) is 11.5. The van der Waals surface area contributed by atoms with E-state index in [1.165, 1.54) is 12.5 Å². The van der Waals surface area contributed by atoms with Crippen molar-refractivity contribution < 1.29 is 19.1 Å². The first-order valence-electron chi connectivity index (χ1n) is 7.78. The first kappa shape index (κ1) is 17.5. The van der Waals surface area contributed by atoms with Gasteiger partial charge in [0.1, 0.15) is 5.75 Å². The Morgan fingerprint density at radius 3 is 2.21 bits per heavy atom. The summed E-state index contributed by atoms with van der Waals surface area (Å²) >= 11 is 0. The normalized spacial score (nSPS) is 11.5. The Morgan fingerprint density at radius 1 is 1.04 bits per heavy atom. The van der Waals surface area contributed by atoms with E-state index in [4.69, 9.17) is 9.47 Å². The molecule has 0 spiro atoms. The molecule has 0 aliphatic carbocycles. The summed E-state index contributed by atoms with van der Waals surface area (Å²) in [6.45, 7) is 3.60. The number of carbonyl (C=O) groups excluding carboxylic acids is 2. The molecule has 2 rings (SSSR count). The molecule has 1 unspecified atom stereocenters. The molecular weight excluding hydrogens is 306 g/mol. The minimum Gasteiger partial charge on any atom is -0.497 e. The van der Waals surface area contributed by atoms with Crippen LogP contribution in [0.4, 0.5) is 5.69 Å². The minimum atomic E-state index is -0.898. The van der Waals surface area contributed by atoms with Crippen LogP contribution in [0.25, 0.3) is 0 Å². The summed E-state index contributed by atoms with van der Waals surface area (Å²) < 4.78 is 10.2. The van der Waals surface area contributed by atoms with Gasteiger partial charge in [-0.25, -0.2) is 4.79 Å². The number of hydrogen-bond acceptors (Lipinski definition) is 4. The van der Waals surface area contributed by atoms with E-state index in [-0.39, 0.29) is 5.91 Å². The van der Waals surface area contributed by atoms with Gasteiger partial charge in [0.25, 0.3) is 5.91 Å². The number of esters is 1. The third-order valence-corrected chi connectivity index (χ3v) is 3.61. The summed E-state index contributed by atoms with van der Waals surface area (Å²) in [7, 11) is 1.55. The van der Waals surface area contributed by atoms with Crippen molar-refractivity contribution >= 4 is 17.6 Å². The Hall–Kier alpha value is -2.82. The van der Waals surface area contributed by atoms with E-state index in [9.17, 15) is 9.59 Å². The van der Waals surface area contributed by atoms with Gasteiger partial charge in [-0.15, -0.1) is 0 Å². The van der Waals surface area contributed by atoms with Crippen LogP contribution in [0.5, 0.6) is 5.75 Å². The molecule has 0 radical (unpaired) electrons. The summed E-state index contributed by atoms with van der Waals surface area (Å²) in [6, 6.07) is 14.1. The topological polar surface area (TPSA) is 64.6 Å². The number of amides is 1. The van der Waals surface area contributed by atoms with Crippen molar-refractivity contribution in [3.8, 4) is 5.75 Å². The van der Waals surface area contributed by atoms with Crippen molar-refractivity contribution in [3.63, 3.8) is 0 Å². The summed E-state index contributed by atoms with van der Waals surface area (Å²) in [6.07, 6.45) is 0.0369. The number of hydrogen-bond donors (Lipinski definition) is 1. The number of benzene rings is 2. The Labute approximate surface area is 141 Å². The van der Waals surface area contributed by atoms with E-state index in [1.54, 1.807) is 31.4 Å². The smallest absolute Gasteiger partial charge is 0.338 e. The maximum Gasteiger partial charge on any atom is 0.338 e. The highest BCUT2D eigenvalue weighted by Crippen LogP contribution is 2.14. The molecule has 1 atom stereocenters. The van der Waals surface area contributed by atoms with E-state index in [0.717, 1.165) is 6.42 Å². The van der Waals surface area contributed by atoms with Gasteiger partial charge < -0.3 is 14.8 Å². The molecule has 5 heteroatoms. The molecule has 5 nitrogen and oxygen atoms in total. The average Bonchev–Trinajstić information content (AvgIpc) is 2.62. The van der Waals surface area contributed by atoms with Crippen molar-refractivity contribution in [1.29, 1.82) is 0 Å². The zero-order valence-corrected chi connectivity index (χ0v) is 14.0. The van der Waals surface area contributed by atoms with Gasteiger partial charge in [0.05, 0.1) is 12.7 Å². The van der Waals surface area contributed by atoms with Gasteiger partial charge in [-0.1, -0.05) is 19.1 Å². The molecule has 0 aliphatic heterocycles. The summed E-state index contributed by atoms with van der Waals surface area (Å²) in [5, 5.41) is 2.73. The number of anilines is 1. The van der Waals surface area contributed by atoms with Crippen molar-refractivity contribution in [1.82, 2.24) is 0 Å². The first-order valence-corrected chi connectivity index (χ1v) is 7.78. The van der Waals surface area contributed by atoms with Crippen LogP contribution in [0.2, 0.25) is 0 Å². The molecule has 0 aromatic heterocycles. The van der Waals surface area contributed by atoms with Crippen LogP contribution in [-0.2, 0) is 16.0 Å². The zero-order chi connectivity index (χ0) is 17.5. The number of ether oxygens (including phenoxy) is 2. The predicted octanol–water partition coefficient (Wildman–Crippen LogP) is 3.44. The highest BCUT2D eigenvalue weighted by Gasteiger charge is 2.19. The Kier molecular flexibility index (Phi) is 5.95. The maximum atomic E-state index is 12.1. The van der Waals surface area contributed by atoms with Gasteiger partial charge in [0, 0.05) is 5.69 Å². The maximum absolute atomic E-state index is 12.1. The highest BCUT2D eigenvalue weighted by atomic mass is 16.5. The number of carbonyl (C=O) groups is 2. The van der Waals surface area contributed by atoms with Crippen LogP contribution < -0.4 is 10.1 Å². The second kappa shape index (κ2) is 8.15. The van der Waals surface area contributed by atoms with Crippen LogP contribution in [0.3, 0.4) is 0 Å². The van der Waals surface area contributed by atoms with Crippen LogP contribution in [-0.4, -0.2) is 25.1 Å². The third-order valence-electron chi connectivity index (χ3n) is 3.61. The number of rotatable bonds is 6. The van der Waals surface area contributed by atoms with E-state index < -0.39 is 12.1 Å². The van der Waals surface area contributed by atoms with E-state index in [0.29, 0.717) is 17.0 Å². The van der Waals surface area contributed by atoms with Crippen LogP contribution >= 0.6 is 0 Å². The number of methoxy groups -OCH3 is 1. The molecule has 0 aliphatic rings. The molecule has 0 heterocycles. The molecular formula is C19H21NO4. The lowest BCUT2D eigenvalue weighted by molar-refractivity contribution is -0.123. The van der Waals surface area contributed by atoms with Crippen molar-refractivity contribution in [2.75, 3.05) is 12.4 Å². The zero-order valence-electron chi connectivity index (χ0n) is 14.0. The van der Waals surface area contributed by atoms with Gasteiger partial charge >= 0.3 is 5.97 Å². The molecule has 0 saturated heterocycles. The summed E-state index contributed by atoms with van der Waals surface area (Å²) in [5.74, 6) is -0.282. The molecule has 0 saturated carbocycles. The monoisotopic (exact) mass is 327 g/mol. The standard InChI is InChI=1S/C19H21NO4/c1-4-14-5-9-16(10-6-14)20-18(21)13(2)24-19(22)15-7-11-17(23-3)12-8-15/h5-13H,4H2,1-3H3,(H,20,21). The molecule has 0 fully saturated rings. The van der Waals surface area contributed by atoms with Crippen LogP contribution in [0.1, 0.15) is 29.8 Å². The van der Waals surface area contributed by atoms with Gasteiger partial charge in [-0.3, -0.25) is 4.79 Å². The van der Waals surface area contributed by atoms with Crippen molar-refractivity contribution in [2.45, 2.75) is 26.4 Å². The fourth-order valence-corrected chi connectivity index (χ4v) is 2.08. The molecule has 126 valence electrons. The summed E-state index contributed by atoms with van der Waals surface area (Å²) in [5.41, 5.74) is 2.22. The minimum absolute atomic E-state index is 0.364. The van der Waals surface area contributed by atoms with Gasteiger partial charge in [-0.2, -0.15) is 0 Å². The van der Waals surface area contributed by atoms with Gasteiger partial charge in [0.15, 0.2) is 6.10 Å². The molecule has 0 bridgehead atoms. The lowest BCUT2D eigenvalue weighted by Crippen LogP contribution is -2.30. The number of nitrogens with one attached hydrogen (secondary N) is 1. The molecule has 1 amide bonds. The molecule has 2 aromatic rings. The number of aryl methyl sites for hydroxylation is 1. The fourth-order valence-electron chi connectivity index (χ4n) is 2.08. The third kappa shape index (κ3) is 4.59. The lowest BCUT2D eigenvalue weighted by atomic mass is 10.1. The van der Waals surface area contributed by atoms with E-state index in [2.05, 4.69) is 12.2 Å². The van der Waals surface area contributed by atoms with Crippen molar-refractivity contribution in [2.24, 2.45) is 0 Å². The van der Waals surface area contributed by atoms with Crippen molar-refractivity contribution in [3.05, 3.63) is 59.7 Å². The highest BCUT2D eigenvalue weighted by molar-refractivity contribution is 5.97. The molecule has 24 heavy (non-hydrogen) atoms. The Morgan fingerprint density at radius 2 is 1.67 bits per heavy atom. The quantitative estimate of drug-likeness (QED) is 0.826. The SMILES string of the molecule is CCc1ccc(NC(=O)C(C)OC(=O)c2ccc(OC)cc2)cc1. The van der Waals surface area contributed by atoms with Gasteiger partial charge in [0.2, 0.25) is 0 Å². The second-order valence-electron chi connectivity index (χ2n) is 5.32. The van der Waals surface area contributed by atoms with Crippen LogP contribution in [0.15, 0.2) is 48.5 Å². The van der Waals surface area contributed by atoms with E-state index in [1.807, 2.05) is 24.3 Å². The molecule has 1 N–H and O–H groups in total. The van der Waals surface area contributed by atoms with E-state index >= 15 is 0 Å². The van der Waals surface area contributed by atoms with Gasteiger partial charge in [-0.05, 0) is 55.3 Å². The Bertz CT molecular complexity index is 692. The molecule has 2 aromatic carbocycles. The predicted molar refractivity (Wildman–Crippen MR) is 92.3 cm³/mol. The second-order valence-corrected chi connectivity index (χ2v) is 5.32. The summed E-state index contributed by atoms with van der Waals surface area (Å²) in [4.78, 5) is 24.2. The lowest BCUT2D eigenvalue weighted by Gasteiger charge is -2.14. The largest absolute Gasteiger partial charge is 0.497 e. The fraction of sp³-hybridized carbons (Fsp3) is 0.263. The van der Waals surface area contributed by atoms with Crippen LogP contribution in [0, 0.1) is 0 Å². The average molecular weight is 327 g/mol.